The molecular weight excluding hydrogens is 225 g/mol. The average molecular weight is 239 g/mol. The molecule has 0 heterocycles. The third kappa shape index (κ3) is 2.72. The van der Waals surface area contributed by atoms with Gasteiger partial charge in [-0.15, -0.1) is 0 Å². The Morgan fingerprint density at radius 2 is 1.78 bits per heavy atom. The summed E-state index contributed by atoms with van der Waals surface area (Å²) in [5, 5.41) is 8.00. The van der Waals surface area contributed by atoms with E-state index in [4.69, 9.17) is 5.41 Å². The molecule has 0 aliphatic carbocycles. The van der Waals surface area contributed by atoms with Crippen molar-refractivity contribution in [1.82, 2.24) is 0 Å². The normalized spacial score (nSPS) is 10.1. The largest absolute Gasteiger partial charge is 0.304 e. The van der Waals surface area contributed by atoms with Gasteiger partial charge < -0.3 is 5.41 Å². The van der Waals surface area contributed by atoms with E-state index in [1.807, 2.05) is 24.3 Å². The van der Waals surface area contributed by atoms with Gasteiger partial charge in [-0.25, -0.2) is 4.39 Å². The summed E-state index contributed by atoms with van der Waals surface area (Å²) in [6.45, 7) is 3.68. The molecule has 0 aliphatic heterocycles. The molecule has 0 radical (unpaired) electrons. The van der Waals surface area contributed by atoms with Crippen molar-refractivity contribution in [3.05, 3.63) is 77.6 Å². The molecule has 2 heteroatoms. The summed E-state index contributed by atoms with van der Waals surface area (Å²) in [7, 11) is 0. The fraction of sp³-hybridized carbons (Fsp3) is 0.0625. The van der Waals surface area contributed by atoms with Gasteiger partial charge in [-0.1, -0.05) is 55.1 Å². The van der Waals surface area contributed by atoms with Gasteiger partial charge in [0.2, 0.25) is 0 Å². The van der Waals surface area contributed by atoms with E-state index in [1.54, 1.807) is 24.3 Å². The third-order valence-corrected chi connectivity index (χ3v) is 2.82. The van der Waals surface area contributed by atoms with Crippen molar-refractivity contribution in [2.45, 2.75) is 6.42 Å². The summed E-state index contributed by atoms with van der Waals surface area (Å²) < 4.78 is 13.5. The zero-order valence-electron chi connectivity index (χ0n) is 9.99. The number of hydrogen-bond acceptors (Lipinski definition) is 1. The highest BCUT2D eigenvalue weighted by atomic mass is 19.1. The SMILES string of the molecule is C=Cc1ccc(C(=N)Cc2ccccc2F)cc1. The van der Waals surface area contributed by atoms with Crippen LogP contribution in [0.2, 0.25) is 0 Å². The second-order valence-corrected chi connectivity index (χ2v) is 4.07. The monoisotopic (exact) mass is 239 g/mol. The molecule has 90 valence electrons. The van der Waals surface area contributed by atoms with E-state index in [2.05, 4.69) is 6.58 Å². The standard InChI is InChI=1S/C16H14FN/c1-2-12-7-9-13(10-8-12)16(18)11-14-5-3-4-6-15(14)17/h2-10,18H,1,11H2. The lowest BCUT2D eigenvalue weighted by Crippen LogP contribution is -2.05. The molecule has 0 spiro atoms. The molecule has 18 heavy (non-hydrogen) atoms. The zero-order valence-corrected chi connectivity index (χ0v) is 9.99. The molecule has 0 saturated carbocycles. The van der Waals surface area contributed by atoms with Gasteiger partial charge in [0.25, 0.3) is 0 Å². The summed E-state index contributed by atoms with van der Waals surface area (Å²) in [5.74, 6) is -0.259. The van der Waals surface area contributed by atoms with E-state index >= 15 is 0 Å². The highest BCUT2D eigenvalue weighted by Gasteiger charge is 2.06. The molecule has 0 unspecified atom stereocenters. The van der Waals surface area contributed by atoms with E-state index in [1.165, 1.54) is 6.07 Å². The Kier molecular flexibility index (Phi) is 3.68. The number of nitrogens with one attached hydrogen (secondary N) is 1. The first-order chi connectivity index (χ1) is 8.70. The first-order valence-electron chi connectivity index (χ1n) is 5.74. The highest BCUT2D eigenvalue weighted by molar-refractivity contribution is 5.99. The van der Waals surface area contributed by atoms with Crippen molar-refractivity contribution in [1.29, 1.82) is 5.41 Å². The van der Waals surface area contributed by atoms with Crippen molar-refractivity contribution >= 4 is 11.8 Å². The molecule has 0 aromatic heterocycles. The van der Waals surface area contributed by atoms with E-state index in [0.717, 1.165) is 11.1 Å². The first kappa shape index (κ1) is 12.2. The Hall–Kier alpha value is -2.22. The molecule has 0 atom stereocenters. The van der Waals surface area contributed by atoms with Crippen LogP contribution in [0.5, 0.6) is 0 Å². The van der Waals surface area contributed by atoms with E-state index in [9.17, 15) is 4.39 Å². The number of benzene rings is 2. The van der Waals surface area contributed by atoms with Crippen LogP contribution < -0.4 is 0 Å². The Morgan fingerprint density at radius 3 is 2.39 bits per heavy atom. The Bertz CT molecular complexity index is 570. The van der Waals surface area contributed by atoms with Crippen LogP contribution in [-0.4, -0.2) is 5.71 Å². The van der Waals surface area contributed by atoms with Gasteiger partial charge in [-0.3, -0.25) is 0 Å². The number of hydrogen-bond donors (Lipinski definition) is 1. The van der Waals surface area contributed by atoms with Gasteiger partial charge >= 0.3 is 0 Å². The van der Waals surface area contributed by atoms with Gasteiger partial charge in [0.1, 0.15) is 5.82 Å². The fourth-order valence-electron chi connectivity index (χ4n) is 1.75. The predicted molar refractivity (Wildman–Crippen MR) is 73.5 cm³/mol. The van der Waals surface area contributed by atoms with Crippen LogP contribution in [0.4, 0.5) is 4.39 Å². The molecule has 2 rings (SSSR count). The van der Waals surface area contributed by atoms with Crippen LogP contribution in [0.25, 0.3) is 6.08 Å². The van der Waals surface area contributed by atoms with Gasteiger partial charge in [-0.05, 0) is 22.8 Å². The minimum absolute atomic E-state index is 0.259. The summed E-state index contributed by atoms with van der Waals surface area (Å²) >= 11 is 0. The van der Waals surface area contributed by atoms with Gasteiger partial charge in [-0.2, -0.15) is 0 Å². The Labute approximate surface area is 106 Å². The average Bonchev–Trinajstić information content (AvgIpc) is 2.41. The third-order valence-electron chi connectivity index (χ3n) is 2.82. The van der Waals surface area contributed by atoms with E-state index in [-0.39, 0.29) is 5.82 Å². The van der Waals surface area contributed by atoms with Crippen LogP contribution in [0, 0.1) is 11.2 Å². The van der Waals surface area contributed by atoms with Crippen LogP contribution in [0.15, 0.2) is 55.1 Å². The minimum Gasteiger partial charge on any atom is -0.304 e. The Balaban J connectivity index is 2.17. The summed E-state index contributed by atoms with van der Waals surface area (Å²) in [6, 6.07) is 14.1. The lowest BCUT2D eigenvalue weighted by atomic mass is 10.0. The summed E-state index contributed by atoms with van der Waals surface area (Å²) in [6.07, 6.45) is 2.06. The molecule has 0 aliphatic rings. The maximum absolute atomic E-state index is 13.5. The molecule has 0 bridgehead atoms. The summed E-state index contributed by atoms with van der Waals surface area (Å²) in [4.78, 5) is 0. The second kappa shape index (κ2) is 5.41. The maximum atomic E-state index is 13.5. The quantitative estimate of drug-likeness (QED) is 0.777. The minimum atomic E-state index is -0.259. The summed E-state index contributed by atoms with van der Waals surface area (Å²) in [5.41, 5.74) is 2.78. The Morgan fingerprint density at radius 1 is 1.11 bits per heavy atom. The molecule has 0 amide bonds. The van der Waals surface area contributed by atoms with Crippen LogP contribution in [0.3, 0.4) is 0 Å². The first-order valence-corrected chi connectivity index (χ1v) is 5.74. The molecule has 1 N–H and O–H groups in total. The van der Waals surface area contributed by atoms with Crippen LogP contribution in [-0.2, 0) is 6.42 Å². The van der Waals surface area contributed by atoms with E-state index in [0.29, 0.717) is 17.7 Å². The smallest absolute Gasteiger partial charge is 0.126 e. The topological polar surface area (TPSA) is 23.9 Å². The van der Waals surface area contributed by atoms with Crippen LogP contribution >= 0.6 is 0 Å². The highest BCUT2D eigenvalue weighted by Crippen LogP contribution is 2.12. The van der Waals surface area contributed by atoms with Crippen molar-refractivity contribution in [2.24, 2.45) is 0 Å². The van der Waals surface area contributed by atoms with Crippen molar-refractivity contribution in [2.75, 3.05) is 0 Å². The molecule has 1 nitrogen and oxygen atoms in total. The van der Waals surface area contributed by atoms with Crippen molar-refractivity contribution in [3.63, 3.8) is 0 Å². The van der Waals surface area contributed by atoms with Gasteiger partial charge in [0.05, 0.1) is 0 Å². The zero-order chi connectivity index (χ0) is 13.0. The van der Waals surface area contributed by atoms with Crippen LogP contribution in [0.1, 0.15) is 16.7 Å². The number of halogens is 1. The van der Waals surface area contributed by atoms with Crippen molar-refractivity contribution in [3.8, 4) is 0 Å². The molecule has 0 saturated heterocycles. The molecule has 2 aromatic rings. The van der Waals surface area contributed by atoms with Crippen molar-refractivity contribution < 1.29 is 4.39 Å². The van der Waals surface area contributed by atoms with Gasteiger partial charge in [0.15, 0.2) is 0 Å². The lowest BCUT2D eigenvalue weighted by Gasteiger charge is -2.06. The fourth-order valence-corrected chi connectivity index (χ4v) is 1.75. The molecule has 0 fully saturated rings. The van der Waals surface area contributed by atoms with Gasteiger partial charge in [0, 0.05) is 12.1 Å². The number of rotatable bonds is 4. The second-order valence-electron chi connectivity index (χ2n) is 4.07. The molecule has 2 aromatic carbocycles. The molecular formula is C16H14FN. The predicted octanol–water partition coefficient (Wildman–Crippen LogP) is 4.08. The lowest BCUT2D eigenvalue weighted by molar-refractivity contribution is 0.616. The van der Waals surface area contributed by atoms with E-state index < -0.39 is 0 Å². The maximum Gasteiger partial charge on any atom is 0.126 e.